The first-order valence-corrected chi connectivity index (χ1v) is 11.4. The minimum Gasteiger partial charge on any atom is -0.352 e. The van der Waals surface area contributed by atoms with Crippen LogP contribution < -0.4 is 10.7 Å². The van der Waals surface area contributed by atoms with Crippen LogP contribution in [0.1, 0.15) is 25.8 Å². The van der Waals surface area contributed by atoms with Gasteiger partial charge >= 0.3 is 0 Å². The molecule has 0 saturated carbocycles. The molecule has 0 saturated heterocycles. The summed E-state index contributed by atoms with van der Waals surface area (Å²) < 4.78 is 28.0. The molecule has 1 aromatic heterocycles. The molecule has 0 fully saturated rings. The Hall–Kier alpha value is -3.04. The van der Waals surface area contributed by atoms with Gasteiger partial charge < -0.3 is 5.32 Å². The van der Waals surface area contributed by atoms with E-state index in [4.69, 9.17) is 0 Å². The zero-order valence-electron chi connectivity index (χ0n) is 17.8. The van der Waals surface area contributed by atoms with Crippen molar-refractivity contribution in [3.63, 3.8) is 0 Å². The molecule has 1 N–H and O–H groups in total. The maximum Gasteiger partial charge on any atom is 0.243 e. The second-order valence-electron chi connectivity index (χ2n) is 7.53. The van der Waals surface area contributed by atoms with Gasteiger partial charge in [0.1, 0.15) is 0 Å². The molecular formula is C22H26N4O4S. The third kappa shape index (κ3) is 5.18. The second kappa shape index (κ2) is 9.40. The van der Waals surface area contributed by atoms with E-state index in [1.807, 2.05) is 19.9 Å². The summed E-state index contributed by atoms with van der Waals surface area (Å²) in [6.45, 7) is 4.25. The summed E-state index contributed by atoms with van der Waals surface area (Å²) in [5.74, 6) is -0.166. The molecule has 1 heterocycles. The summed E-state index contributed by atoms with van der Waals surface area (Å²) >= 11 is 0. The van der Waals surface area contributed by atoms with Crippen molar-refractivity contribution in [2.75, 3.05) is 7.05 Å². The fraction of sp³-hybridized carbons (Fsp3) is 0.318. The van der Waals surface area contributed by atoms with Crippen molar-refractivity contribution in [1.82, 2.24) is 19.4 Å². The summed E-state index contributed by atoms with van der Waals surface area (Å²) in [5.41, 5.74) is 1.33. The molecule has 31 heavy (non-hydrogen) atoms. The van der Waals surface area contributed by atoms with E-state index < -0.39 is 10.0 Å². The van der Waals surface area contributed by atoms with Crippen LogP contribution in [0.3, 0.4) is 0 Å². The van der Waals surface area contributed by atoms with E-state index in [1.54, 1.807) is 54.2 Å². The highest BCUT2D eigenvalue weighted by molar-refractivity contribution is 7.89. The standard InChI is InChI=1S/C22H26N4O4S/c1-16(2)25(3)31(29,30)18-10-8-17(9-11-18)14-23-22(28)12-13-26-20-7-5-4-6-19(20)21(27)15-24-26/h4-11,15-16H,12-14H2,1-3H3,(H,23,28). The summed E-state index contributed by atoms with van der Waals surface area (Å²) in [7, 11) is -1.98. The molecule has 0 atom stereocenters. The molecule has 0 unspecified atom stereocenters. The predicted molar refractivity (Wildman–Crippen MR) is 119 cm³/mol. The van der Waals surface area contributed by atoms with Gasteiger partial charge in [-0.2, -0.15) is 9.40 Å². The van der Waals surface area contributed by atoms with Gasteiger partial charge in [-0.1, -0.05) is 24.3 Å². The van der Waals surface area contributed by atoms with Gasteiger partial charge in [0, 0.05) is 31.4 Å². The molecule has 0 aliphatic carbocycles. The number of para-hydroxylation sites is 1. The second-order valence-corrected chi connectivity index (χ2v) is 9.53. The number of fused-ring (bicyclic) bond motifs is 1. The Bertz CT molecular complexity index is 1230. The van der Waals surface area contributed by atoms with Gasteiger partial charge in [0.25, 0.3) is 0 Å². The normalized spacial score (nSPS) is 11.9. The van der Waals surface area contributed by atoms with E-state index in [0.29, 0.717) is 17.4 Å². The first-order chi connectivity index (χ1) is 14.7. The number of sulfonamides is 1. The molecule has 2 aromatic carbocycles. The van der Waals surface area contributed by atoms with Gasteiger partial charge in [0.15, 0.2) is 0 Å². The predicted octanol–water partition coefficient (Wildman–Crippen LogP) is 2.13. The number of aromatic nitrogens is 2. The van der Waals surface area contributed by atoms with Crippen LogP contribution in [0.2, 0.25) is 0 Å². The summed E-state index contributed by atoms with van der Waals surface area (Å²) in [6.07, 6.45) is 1.46. The largest absolute Gasteiger partial charge is 0.352 e. The van der Waals surface area contributed by atoms with Crippen LogP contribution in [0, 0.1) is 0 Å². The van der Waals surface area contributed by atoms with Crippen molar-refractivity contribution in [1.29, 1.82) is 0 Å². The number of hydrogen-bond donors (Lipinski definition) is 1. The van der Waals surface area contributed by atoms with Crippen LogP contribution in [0.15, 0.2) is 64.4 Å². The summed E-state index contributed by atoms with van der Waals surface area (Å²) in [4.78, 5) is 24.4. The Labute approximate surface area is 181 Å². The molecule has 0 bridgehead atoms. The van der Waals surface area contributed by atoms with E-state index in [2.05, 4.69) is 10.4 Å². The molecule has 1 amide bonds. The van der Waals surface area contributed by atoms with Crippen molar-refractivity contribution >= 4 is 26.8 Å². The zero-order valence-corrected chi connectivity index (χ0v) is 18.6. The van der Waals surface area contributed by atoms with E-state index in [9.17, 15) is 18.0 Å². The summed E-state index contributed by atoms with van der Waals surface area (Å²) in [5, 5.41) is 7.51. The first kappa shape index (κ1) is 22.6. The number of nitrogens with zero attached hydrogens (tertiary/aromatic N) is 3. The number of aryl methyl sites for hydroxylation is 1. The fourth-order valence-electron chi connectivity index (χ4n) is 3.06. The monoisotopic (exact) mass is 442 g/mol. The lowest BCUT2D eigenvalue weighted by Crippen LogP contribution is -2.33. The molecule has 0 aliphatic heterocycles. The van der Waals surface area contributed by atoms with E-state index in [0.717, 1.165) is 5.56 Å². The smallest absolute Gasteiger partial charge is 0.243 e. The lowest BCUT2D eigenvalue weighted by Gasteiger charge is -2.21. The van der Waals surface area contributed by atoms with Crippen LogP contribution in [-0.2, 0) is 27.9 Å². The zero-order chi connectivity index (χ0) is 22.6. The maximum absolute atomic E-state index is 12.5. The first-order valence-electron chi connectivity index (χ1n) is 9.98. The van der Waals surface area contributed by atoms with Gasteiger partial charge in [-0.25, -0.2) is 8.42 Å². The Kier molecular flexibility index (Phi) is 6.87. The number of hydrogen-bond acceptors (Lipinski definition) is 5. The van der Waals surface area contributed by atoms with Gasteiger partial charge in [0.2, 0.25) is 21.4 Å². The summed E-state index contributed by atoms with van der Waals surface area (Å²) in [6, 6.07) is 13.5. The quantitative estimate of drug-likeness (QED) is 0.576. The number of rotatable bonds is 8. The van der Waals surface area contributed by atoms with Crippen LogP contribution >= 0.6 is 0 Å². The lowest BCUT2D eigenvalue weighted by molar-refractivity contribution is -0.121. The maximum atomic E-state index is 12.5. The van der Waals surface area contributed by atoms with E-state index in [1.165, 1.54) is 10.5 Å². The van der Waals surface area contributed by atoms with E-state index in [-0.39, 0.29) is 35.2 Å². The fourth-order valence-corrected chi connectivity index (χ4v) is 4.43. The van der Waals surface area contributed by atoms with Crippen molar-refractivity contribution in [2.45, 2.75) is 44.3 Å². The number of amides is 1. The van der Waals surface area contributed by atoms with Crippen molar-refractivity contribution in [2.24, 2.45) is 0 Å². The third-order valence-electron chi connectivity index (χ3n) is 5.13. The average Bonchev–Trinajstić information content (AvgIpc) is 2.77. The van der Waals surface area contributed by atoms with Crippen molar-refractivity contribution < 1.29 is 13.2 Å². The Morgan fingerprint density at radius 3 is 2.48 bits per heavy atom. The van der Waals surface area contributed by atoms with Gasteiger partial charge in [-0.05, 0) is 43.7 Å². The van der Waals surface area contributed by atoms with Gasteiger partial charge in [0.05, 0.1) is 23.2 Å². The van der Waals surface area contributed by atoms with Gasteiger partial charge in [-0.15, -0.1) is 0 Å². The molecule has 8 nitrogen and oxygen atoms in total. The number of carbonyl (C=O) groups is 1. The highest BCUT2D eigenvalue weighted by Crippen LogP contribution is 2.17. The topological polar surface area (TPSA) is 101 Å². The van der Waals surface area contributed by atoms with Crippen LogP contribution in [-0.4, -0.2) is 41.5 Å². The highest BCUT2D eigenvalue weighted by atomic mass is 32.2. The van der Waals surface area contributed by atoms with E-state index >= 15 is 0 Å². The van der Waals surface area contributed by atoms with Crippen LogP contribution in [0.25, 0.3) is 10.9 Å². The molecule has 0 radical (unpaired) electrons. The van der Waals surface area contributed by atoms with Crippen molar-refractivity contribution in [3.8, 4) is 0 Å². The molecule has 164 valence electrons. The third-order valence-corrected chi connectivity index (χ3v) is 7.18. The minimum atomic E-state index is -3.53. The van der Waals surface area contributed by atoms with Crippen LogP contribution in [0.4, 0.5) is 0 Å². The Morgan fingerprint density at radius 2 is 1.81 bits per heavy atom. The SMILES string of the molecule is CC(C)N(C)S(=O)(=O)c1ccc(CNC(=O)CCn2ncc(=O)c3ccccc32)cc1. The Balaban J connectivity index is 1.58. The number of carbonyl (C=O) groups excluding carboxylic acids is 1. The molecule has 0 spiro atoms. The molecule has 0 aliphatic rings. The Morgan fingerprint density at radius 1 is 1.13 bits per heavy atom. The number of nitrogens with one attached hydrogen (secondary N) is 1. The lowest BCUT2D eigenvalue weighted by atomic mass is 10.2. The number of benzene rings is 2. The molecule has 3 rings (SSSR count). The minimum absolute atomic E-state index is 0.140. The molecular weight excluding hydrogens is 416 g/mol. The van der Waals surface area contributed by atoms with Gasteiger partial charge in [-0.3, -0.25) is 14.3 Å². The highest BCUT2D eigenvalue weighted by Gasteiger charge is 2.22. The average molecular weight is 443 g/mol. The van der Waals surface area contributed by atoms with Crippen molar-refractivity contribution in [3.05, 3.63) is 70.5 Å². The van der Waals surface area contributed by atoms with Crippen LogP contribution in [0.5, 0.6) is 0 Å². The molecule has 3 aromatic rings. The molecule has 9 heteroatoms.